The van der Waals surface area contributed by atoms with E-state index >= 15 is 0 Å². The van der Waals surface area contributed by atoms with Gasteiger partial charge in [-0.3, -0.25) is 0 Å². The molecule has 0 unspecified atom stereocenters. The normalized spacial score (nSPS) is 14.6. The summed E-state index contributed by atoms with van der Waals surface area (Å²) in [7, 11) is 0. The number of thioether (sulfide) groups is 1. The van der Waals surface area contributed by atoms with Gasteiger partial charge in [-0.1, -0.05) is 18.2 Å². The van der Waals surface area contributed by atoms with Gasteiger partial charge in [0, 0.05) is 16.0 Å². The fourth-order valence-corrected chi connectivity index (χ4v) is 5.73. The van der Waals surface area contributed by atoms with Crippen molar-refractivity contribution in [2.24, 2.45) is 0 Å². The zero-order valence-corrected chi connectivity index (χ0v) is 15.8. The number of aromatic nitrogens is 2. The van der Waals surface area contributed by atoms with Gasteiger partial charge in [-0.05, 0) is 49.8 Å². The van der Waals surface area contributed by atoms with Gasteiger partial charge in [0.05, 0.1) is 5.56 Å². The molecule has 1 aliphatic rings. The van der Waals surface area contributed by atoms with Crippen LogP contribution in [0.5, 0.6) is 0 Å². The second-order valence-electron chi connectivity index (χ2n) is 6.45. The predicted molar refractivity (Wildman–Crippen MR) is 99.8 cm³/mol. The van der Waals surface area contributed by atoms with E-state index in [0.29, 0.717) is 17.1 Å². The largest absolute Gasteiger partial charge is 0.416 e. The minimum Gasteiger partial charge on any atom is -0.226 e. The van der Waals surface area contributed by atoms with Crippen molar-refractivity contribution >= 4 is 33.3 Å². The fraction of sp³-hybridized carbons (Fsp3) is 0.368. The Morgan fingerprint density at radius 2 is 1.96 bits per heavy atom. The Morgan fingerprint density at radius 3 is 2.77 bits per heavy atom. The molecule has 1 aromatic carbocycles. The molecule has 4 rings (SSSR count). The quantitative estimate of drug-likeness (QED) is 0.391. The molecule has 26 heavy (non-hydrogen) atoms. The maximum Gasteiger partial charge on any atom is 0.416 e. The smallest absolute Gasteiger partial charge is 0.226 e. The van der Waals surface area contributed by atoms with E-state index in [0.717, 1.165) is 34.2 Å². The molecule has 0 N–H and O–H groups in total. The molecule has 1 aliphatic carbocycles. The van der Waals surface area contributed by atoms with Crippen LogP contribution in [0.4, 0.5) is 13.2 Å². The summed E-state index contributed by atoms with van der Waals surface area (Å²) in [6, 6.07) is 5.53. The molecule has 0 aliphatic heterocycles. The van der Waals surface area contributed by atoms with Crippen LogP contribution in [0.2, 0.25) is 0 Å². The lowest BCUT2D eigenvalue weighted by molar-refractivity contribution is -0.137. The molecule has 0 atom stereocenters. The Kier molecular flexibility index (Phi) is 4.69. The summed E-state index contributed by atoms with van der Waals surface area (Å²) in [5.41, 5.74) is 1.40. The van der Waals surface area contributed by atoms with E-state index in [2.05, 4.69) is 9.97 Å². The summed E-state index contributed by atoms with van der Waals surface area (Å²) >= 11 is 3.24. The average Bonchev–Trinajstić information content (AvgIpc) is 2.97. The van der Waals surface area contributed by atoms with Crippen LogP contribution < -0.4 is 0 Å². The highest BCUT2D eigenvalue weighted by molar-refractivity contribution is 7.98. The van der Waals surface area contributed by atoms with E-state index in [-0.39, 0.29) is 0 Å². The van der Waals surface area contributed by atoms with Crippen LogP contribution >= 0.6 is 23.1 Å². The summed E-state index contributed by atoms with van der Waals surface area (Å²) in [4.78, 5) is 11.6. The van der Waals surface area contributed by atoms with E-state index in [1.165, 1.54) is 47.2 Å². The van der Waals surface area contributed by atoms with E-state index < -0.39 is 11.7 Å². The lowest BCUT2D eigenvalue weighted by Crippen LogP contribution is -2.05. The lowest BCUT2D eigenvalue weighted by atomic mass is 9.97. The van der Waals surface area contributed by atoms with Gasteiger partial charge in [0.2, 0.25) is 0 Å². The SMILES string of the molecule is Cc1nc(SCc2cccc(C(F)(F)F)c2)c2c3c(sc2n1)CCCC3. The number of halogens is 3. The number of alkyl halides is 3. The second kappa shape index (κ2) is 6.85. The molecule has 2 heterocycles. The first-order valence-corrected chi connectivity index (χ1v) is 10.3. The zero-order valence-electron chi connectivity index (χ0n) is 14.2. The second-order valence-corrected chi connectivity index (χ2v) is 8.50. The maximum atomic E-state index is 12.9. The van der Waals surface area contributed by atoms with Crippen molar-refractivity contribution in [3.05, 3.63) is 51.7 Å². The highest BCUT2D eigenvalue weighted by atomic mass is 32.2. The molecule has 0 saturated heterocycles. The number of aryl methyl sites for hydroxylation is 3. The van der Waals surface area contributed by atoms with Gasteiger partial charge < -0.3 is 0 Å². The molecule has 0 bridgehead atoms. The molecule has 136 valence electrons. The number of thiophene rings is 1. The van der Waals surface area contributed by atoms with Gasteiger partial charge in [0.25, 0.3) is 0 Å². The zero-order chi connectivity index (χ0) is 18.3. The third-order valence-electron chi connectivity index (χ3n) is 4.52. The molecule has 7 heteroatoms. The van der Waals surface area contributed by atoms with E-state index in [4.69, 9.17) is 0 Å². The van der Waals surface area contributed by atoms with Crippen molar-refractivity contribution in [2.45, 2.75) is 49.6 Å². The third-order valence-corrected chi connectivity index (χ3v) is 6.76. The van der Waals surface area contributed by atoms with Crippen molar-refractivity contribution in [1.82, 2.24) is 9.97 Å². The van der Waals surface area contributed by atoms with Gasteiger partial charge in [-0.15, -0.1) is 23.1 Å². The molecular weight excluding hydrogens is 377 g/mol. The Labute approximate surface area is 157 Å². The molecule has 2 aromatic heterocycles. The number of fused-ring (bicyclic) bond motifs is 3. The van der Waals surface area contributed by atoms with Crippen LogP contribution in [-0.2, 0) is 24.8 Å². The summed E-state index contributed by atoms with van der Waals surface area (Å²) < 4.78 is 38.7. The van der Waals surface area contributed by atoms with E-state index in [1.54, 1.807) is 17.4 Å². The van der Waals surface area contributed by atoms with Crippen molar-refractivity contribution in [3.63, 3.8) is 0 Å². The van der Waals surface area contributed by atoms with Crippen LogP contribution in [0, 0.1) is 6.92 Å². The first-order valence-electron chi connectivity index (χ1n) is 8.49. The number of nitrogens with zero attached hydrogens (tertiary/aromatic N) is 2. The van der Waals surface area contributed by atoms with Gasteiger partial charge >= 0.3 is 6.18 Å². The third kappa shape index (κ3) is 3.47. The van der Waals surface area contributed by atoms with Crippen LogP contribution in [0.1, 0.15) is 40.2 Å². The summed E-state index contributed by atoms with van der Waals surface area (Å²) in [5, 5.41) is 2.01. The Bertz CT molecular complexity index is 963. The van der Waals surface area contributed by atoms with Crippen molar-refractivity contribution < 1.29 is 13.2 Å². The minimum absolute atomic E-state index is 0.458. The molecule has 0 amide bonds. The fourth-order valence-electron chi connectivity index (χ4n) is 3.32. The van der Waals surface area contributed by atoms with Gasteiger partial charge in [-0.2, -0.15) is 13.2 Å². The van der Waals surface area contributed by atoms with Crippen LogP contribution in [0.25, 0.3) is 10.2 Å². The summed E-state index contributed by atoms with van der Waals surface area (Å²) in [6.45, 7) is 1.87. The van der Waals surface area contributed by atoms with Gasteiger partial charge in [-0.25, -0.2) is 9.97 Å². The maximum absolute atomic E-state index is 12.9. The standard InChI is InChI=1S/C19H17F3N2S2/c1-11-23-17(16-14-7-2-3-8-15(14)26-18(16)24-11)25-10-12-5-4-6-13(9-12)19(20,21)22/h4-6,9H,2-3,7-8,10H2,1H3. The van der Waals surface area contributed by atoms with Crippen molar-refractivity contribution in [1.29, 1.82) is 0 Å². The summed E-state index contributed by atoms with van der Waals surface area (Å²) in [6.07, 6.45) is 0.196. The first-order chi connectivity index (χ1) is 12.4. The molecule has 0 fully saturated rings. The first kappa shape index (κ1) is 17.8. The minimum atomic E-state index is -4.31. The van der Waals surface area contributed by atoms with Gasteiger partial charge in [0.1, 0.15) is 15.7 Å². The number of hydrogen-bond donors (Lipinski definition) is 0. The highest BCUT2D eigenvalue weighted by Gasteiger charge is 2.30. The average molecular weight is 394 g/mol. The van der Waals surface area contributed by atoms with E-state index in [1.807, 2.05) is 6.92 Å². The van der Waals surface area contributed by atoms with Crippen LogP contribution in [0.15, 0.2) is 29.3 Å². The molecule has 0 radical (unpaired) electrons. The monoisotopic (exact) mass is 394 g/mol. The Morgan fingerprint density at radius 1 is 1.15 bits per heavy atom. The molecule has 2 nitrogen and oxygen atoms in total. The lowest BCUT2D eigenvalue weighted by Gasteiger charge is -2.12. The Hall–Kier alpha value is -1.60. The number of rotatable bonds is 3. The van der Waals surface area contributed by atoms with Crippen LogP contribution in [0.3, 0.4) is 0 Å². The predicted octanol–water partition coefficient (Wildman–Crippen LogP) is 6.19. The highest BCUT2D eigenvalue weighted by Crippen LogP contribution is 2.40. The number of hydrogen-bond acceptors (Lipinski definition) is 4. The Balaban J connectivity index is 1.66. The molecular formula is C19H17F3N2S2. The van der Waals surface area contributed by atoms with Crippen molar-refractivity contribution in [2.75, 3.05) is 0 Å². The molecule has 0 spiro atoms. The van der Waals surface area contributed by atoms with E-state index in [9.17, 15) is 13.2 Å². The molecule has 0 saturated carbocycles. The van der Waals surface area contributed by atoms with Crippen LogP contribution in [-0.4, -0.2) is 9.97 Å². The molecule has 3 aromatic rings. The van der Waals surface area contributed by atoms with Gasteiger partial charge in [0.15, 0.2) is 0 Å². The topological polar surface area (TPSA) is 25.8 Å². The van der Waals surface area contributed by atoms with Crippen molar-refractivity contribution in [3.8, 4) is 0 Å². The number of benzene rings is 1. The summed E-state index contributed by atoms with van der Waals surface area (Å²) in [5.74, 6) is 1.17.